The van der Waals surface area contributed by atoms with Crippen molar-refractivity contribution in [3.63, 3.8) is 0 Å². The Balaban J connectivity index is 2.90. The monoisotopic (exact) mass is 342 g/mol. The predicted octanol–water partition coefficient (Wildman–Crippen LogP) is 1.53. The highest BCUT2D eigenvalue weighted by Crippen LogP contribution is 2.45. The zero-order valence-electron chi connectivity index (χ0n) is 9.96. The molecule has 0 bridgehead atoms. The van der Waals surface area contributed by atoms with E-state index in [4.69, 9.17) is 14.6 Å². The van der Waals surface area contributed by atoms with Gasteiger partial charge in [0.1, 0.15) is 0 Å². The Hall–Kier alpha value is 0.120. The first-order chi connectivity index (χ1) is 7.41. The van der Waals surface area contributed by atoms with Crippen LogP contribution in [-0.4, -0.2) is 40.4 Å². The van der Waals surface area contributed by atoms with Crippen LogP contribution in [0.1, 0.15) is 26.7 Å². The Kier molecular flexibility index (Phi) is 4.59. The molecule has 4 nitrogen and oxygen atoms in total. The number of aliphatic hydroxyl groups excluding tert-OH is 1. The Morgan fingerprint density at radius 2 is 2.25 bits per heavy atom. The van der Waals surface area contributed by atoms with E-state index in [2.05, 4.69) is 22.6 Å². The van der Waals surface area contributed by atoms with Gasteiger partial charge in [-0.2, -0.15) is 0 Å². The number of ether oxygens (including phenoxy) is 2. The Labute approximate surface area is 110 Å². The van der Waals surface area contributed by atoms with Crippen molar-refractivity contribution in [2.45, 2.75) is 37.9 Å². The topological polar surface area (TPSA) is 55.8 Å². The van der Waals surface area contributed by atoms with Crippen molar-refractivity contribution in [2.75, 3.05) is 18.1 Å². The van der Waals surface area contributed by atoms with Crippen LogP contribution in [0.2, 0.25) is 0 Å². The molecular formula is C11H19IO4. The number of carbonyl (C=O) groups is 1. The molecule has 0 amide bonds. The average Bonchev–Trinajstić information content (AvgIpc) is 2.50. The van der Waals surface area contributed by atoms with Gasteiger partial charge in [0.25, 0.3) is 0 Å². The van der Waals surface area contributed by atoms with Crippen LogP contribution in [0.25, 0.3) is 0 Å². The Bertz CT molecular complexity index is 271. The van der Waals surface area contributed by atoms with Crippen molar-refractivity contribution < 1.29 is 19.4 Å². The molecule has 0 aromatic heterocycles. The van der Waals surface area contributed by atoms with E-state index in [0.29, 0.717) is 6.42 Å². The van der Waals surface area contributed by atoms with Crippen molar-refractivity contribution >= 4 is 28.6 Å². The first-order valence-electron chi connectivity index (χ1n) is 5.37. The van der Waals surface area contributed by atoms with Gasteiger partial charge < -0.3 is 14.6 Å². The lowest BCUT2D eigenvalue weighted by Crippen LogP contribution is -2.44. The summed E-state index contributed by atoms with van der Waals surface area (Å²) in [5.41, 5.74) is -1.30. The summed E-state index contributed by atoms with van der Waals surface area (Å²) in [4.78, 5) is 11.8. The van der Waals surface area contributed by atoms with E-state index in [1.807, 2.05) is 6.92 Å². The quantitative estimate of drug-likeness (QED) is 0.478. The van der Waals surface area contributed by atoms with Crippen LogP contribution in [-0.2, 0) is 14.3 Å². The number of hydrogen-bond donors (Lipinski definition) is 1. The van der Waals surface area contributed by atoms with E-state index in [0.717, 1.165) is 10.8 Å². The van der Waals surface area contributed by atoms with E-state index in [1.165, 1.54) is 7.11 Å². The van der Waals surface area contributed by atoms with Gasteiger partial charge >= 0.3 is 5.97 Å². The molecule has 3 atom stereocenters. The van der Waals surface area contributed by atoms with Crippen LogP contribution in [0, 0.1) is 5.92 Å². The third kappa shape index (κ3) is 2.51. The van der Waals surface area contributed by atoms with Gasteiger partial charge in [-0.3, -0.25) is 0 Å². The van der Waals surface area contributed by atoms with Gasteiger partial charge in [0.2, 0.25) is 0 Å². The second-order valence-electron chi connectivity index (χ2n) is 4.68. The Morgan fingerprint density at radius 1 is 1.62 bits per heavy atom. The summed E-state index contributed by atoms with van der Waals surface area (Å²) in [7, 11) is 1.38. The van der Waals surface area contributed by atoms with Crippen LogP contribution in [0.5, 0.6) is 0 Å². The van der Waals surface area contributed by atoms with Crippen molar-refractivity contribution in [1.29, 1.82) is 0 Å². The average molecular weight is 342 g/mol. The van der Waals surface area contributed by atoms with Gasteiger partial charge in [-0.15, -0.1) is 0 Å². The Morgan fingerprint density at radius 3 is 2.69 bits per heavy atom. The molecule has 0 radical (unpaired) electrons. The third-order valence-corrected chi connectivity index (χ3v) is 4.40. The molecule has 0 unspecified atom stereocenters. The molecule has 0 saturated carbocycles. The molecule has 0 aromatic rings. The summed E-state index contributed by atoms with van der Waals surface area (Å²) in [6, 6.07) is 0. The second-order valence-corrected chi connectivity index (χ2v) is 5.56. The summed E-state index contributed by atoms with van der Waals surface area (Å²) in [5.74, 6) is -0.187. The van der Waals surface area contributed by atoms with E-state index < -0.39 is 11.2 Å². The number of halogens is 1. The minimum Gasteiger partial charge on any atom is -0.467 e. The molecule has 0 spiro atoms. The fourth-order valence-corrected chi connectivity index (χ4v) is 3.51. The lowest BCUT2D eigenvalue weighted by atomic mass is 9.86. The maximum absolute atomic E-state index is 11.8. The minimum absolute atomic E-state index is 0.0711. The number of esters is 1. The molecule has 5 heteroatoms. The minimum atomic E-state index is -0.875. The number of carbonyl (C=O) groups excluding carboxylic acids is 1. The van der Waals surface area contributed by atoms with Gasteiger partial charge in [-0.05, 0) is 26.7 Å². The molecule has 0 aliphatic carbocycles. The van der Waals surface area contributed by atoms with Crippen LogP contribution >= 0.6 is 22.6 Å². The largest absolute Gasteiger partial charge is 0.467 e. The molecule has 1 heterocycles. The fourth-order valence-electron chi connectivity index (χ4n) is 2.36. The summed E-state index contributed by atoms with van der Waals surface area (Å²) >= 11 is 2.26. The molecule has 0 aromatic carbocycles. The predicted molar refractivity (Wildman–Crippen MR) is 68.6 cm³/mol. The molecule has 1 aliphatic rings. The fraction of sp³-hybridized carbons (Fsp3) is 0.909. The van der Waals surface area contributed by atoms with Crippen LogP contribution in [0.4, 0.5) is 0 Å². The highest BCUT2D eigenvalue weighted by atomic mass is 127. The lowest BCUT2D eigenvalue weighted by molar-refractivity contribution is -0.177. The molecule has 16 heavy (non-hydrogen) atoms. The molecular weight excluding hydrogens is 323 g/mol. The van der Waals surface area contributed by atoms with Gasteiger partial charge in [0.15, 0.2) is 5.60 Å². The number of rotatable bonds is 4. The first kappa shape index (κ1) is 14.2. The first-order valence-corrected chi connectivity index (χ1v) is 6.90. The molecule has 1 fully saturated rings. The lowest BCUT2D eigenvalue weighted by Gasteiger charge is -2.29. The van der Waals surface area contributed by atoms with Crippen molar-refractivity contribution in [3.05, 3.63) is 0 Å². The third-order valence-electron chi connectivity index (χ3n) is 3.33. The molecule has 94 valence electrons. The standard InChI is InChI=1S/C11H19IO4/c1-10(4-5-13)6-8(7-12)11(2,16-10)9(14)15-3/h8,13H,4-7H2,1-3H3/t8-,10-,11-/m0/s1. The molecule has 1 rings (SSSR count). The summed E-state index contributed by atoms with van der Waals surface area (Å²) in [6.45, 7) is 3.79. The maximum Gasteiger partial charge on any atom is 0.338 e. The van der Waals surface area contributed by atoms with Crippen LogP contribution < -0.4 is 0 Å². The van der Waals surface area contributed by atoms with E-state index in [9.17, 15) is 4.79 Å². The highest BCUT2D eigenvalue weighted by Gasteiger charge is 2.55. The van der Waals surface area contributed by atoms with Crippen molar-refractivity contribution in [2.24, 2.45) is 5.92 Å². The number of hydrogen-bond acceptors (Lipinski definition) is 4. The summed E-state index contributed by atoms with van der Waals surface area (Å²) in [6.07, 6.45) is 1.33. The summed E-state index contributed by atoms with van der Waals surface area (Å²) < 4.78 is 11.5. The van der Waals surface area contributed by atoms with Crippen molar-refractivity contribution in [1.82, 2.24) is 0 Å². The van der Waals surface area contributed by atoms with Gasteiger partial charge in [0, 0.05) is 17.0 Å². The van der Waals surface area contributed by atoms with E-state index in [1.54, 1.807) is 6.92 Å². The van der Waals surface area contributed by atoms with Gasteiger partial charge in [0.05, 0.1) is 12.7 Å². The van der Waals surface area contributed by atoms with Gasteiger partial charge in [-0.1, -0.05) is 22.6 Å². The van der Waals surface area contributed by atoms with Crippen LogP contribution in [0.15, 0.2) is 0 Å². The smallest absolute Gasteiger partial charge is 0.338 e. The molecule has 1 saturated heterocycles. The van der Waals surface area contributed by atoms with Crippen LogP contribution in [0.3, 0.4) is 0 Å². The second kappa shape index (κ2) is 5.18. The van der Waals surface area contributed by atoms with Gasteiger partial charge in [-0.25, -0.2) is 4.79 Å². The van der Waals surface area contributed by atoms with Crippen molar-refractivity contribution in [3.8, 4) is 0 Å². The maximum atomic E-state index is 11.8. The zero-order valence-corrected chi connectivity index (χ0v) is 12.1. The van der Waals surface area contributed by atoms with E-state index in [-0.39, 0.29) is 18.5 Å². The number of methoxy groups -OCH3 is 1. The molecule has 1 aliphatic heterocycles. The zero-order chi connectivity index (χ0) is 12.4. The normalized spacial score (nSPS) is 38.7. The van der Waals surface area contributed by atoms with E-state index >= 15 is 0 Å². The number of alkyl halides is 1. The number of aliphatic hydroxyl groups is 1. The SMILES string of the molecule is COC(=O)[C@@]1(C)O[C@@](C)(CCO)C[C@H]1CI. The summed E-state index contributed by atoms with van der Waals surface area (Å²) in [5, 5.41) is 9.02. The highest BCUT2D eigenvalue weighted by molar-refractivity contribution is 14.1. The molecule has 1 N–H and O–H groups in total.